The maximum Gasteiger partial charge on any atom is 0.262 e. The Morgan fingerprint density at radius 3 is 2.59 bits per heavy atom. The molecule has 3 aromatic rings. The summed E-state index contributed by atoms with van der Waals surface area (Å²) >= 11 is 0. The maximum atomic E-state index is 12.4. The Balaban J connectivity index is 1.73. The van der Waals surface area contributed by atoms with Crippen LogP contribution in [-0.4, -0.2) is 24.1 Å². The van der Waals surface area contributed by atoms with Crippen molar-refractivity contribution < 1.29 is 14.3 Å². The van der Waals surface area contributed by atoms with Crippen molar-refractivity contribution in [1.29, 1.82) is 0 Å². The summed E-state index contributed by atoms with van der Waals surface area (Å²) in [5.74, 6) is 1.19. The molecule has 0 aliphatic rings. The molecule has 3 rings (SSSR count). The van der Waals surface area contributed by atoms with Gasteiger partial charge in [-0.3, -0.25) is 9.78 Å². The van der Waals surface area contributed by atoms with Crippen molar-refractivity contribution in [2.75, 3.05) is 18.5 Å². The SMILES string of the molecule is CCCOc1ccc(NC(=O)COc2cc(C)cc(C)c2)c2cccnc12. The summed E-state index contributed by atoms with van der Waals surface area (Å²) in [7, 11) is 0. The van der Waals surface area contributed by atoms with E-state index >= 15 is 0 Å². The van der Waals surface area contributed by atoms with Gasteiger partial charge in [0.25, 0.3) is 5.91 Å². The second kappa shape index (κ2) is 8.54. The van der Waals surface area contributed by atoms with Crippen molar-refractivity contribution in [2.45, 2.75) is 27.2 Å². The summed E-state index contributed by atoms with van der Waals surface area (Å²) in [5, 5.41) is 3.75. The second-order valence-corrected chi connectivity index (χ2v) is 6.52. The van der Waals surface area contributed by atoms with Crippen LogP contribution in [0.15, 0.2) is 48.7 Å². The molecular weight excluding hydrogens is 340 g/mol. The molecule has 0 spiro atoms. The third-order valence-corrected chi connectivity index (χ3v) is 4.03. The van der Waals surface area contributed by atoms with E-state index in [9.17, 15) is 4.79 Å². The molecule has 1 heterocycles. The zero-order valence-corrected chi connectivity index (χ0v) is 15.9. The number of hydrogen-bond donors (Lipinski definition) is 1. The molecule has 2 aromatic carbocycles. The Labute approximate surface area is 159 Å². The molecule has 0 radical (unpaired) electrons. The second-order valence-electron chi connectivity index (χ2n) is 6.52. The monoisotopic (exact) mass is 364 g/mol. The van der Waals surface area contributed by atoms with Gasteiger partial charge in [-0.15, -0.1) is 0 Å². The van der Waals surface area contributed by atoms with Crippen LogP contribution < -0.4 is 14.8 Å². The first-order valence-electron chi connectivity index (χ1n) is 9.08. The van der Waals surface area contributed by atoms with Gasteiger partial charge in [-0.1, -0.05) is 13.0 Å². The van der Waals surface area contributed by atoms with Crippen LogP contribution in [0.2, 0.25) is 0 Å². The maximum absolute atomic E-state index is 12.4. The molecule has 0 fully saturated rings. The Bertz CT molecular complexity index is 933. The number of carbonyl (C=O) groups excluding carboxylic acids is 1. The number of aryl methyl sites for hydroxylation is 2. The van der Waals surface area contributed by atoms with E-state index in [0.717, 1.165) is 34.2 Å². The van der Waals surface area contributed by atoms with Crippen LogP contribution in [0.5, 0.6) is 11.5 Å². The summed E-state index contributed by atoms with van der Waals surface area (Å²) < 4.78 is 11.4. The topological polar surface area (TPSA) is 60.5 Å². The lowest BCUT2D eigenvalue weighted by Crippen LogP contribution is -2.20. The van der Waals surface area contributed by atoms with E-state index in [4.69, 9.17) is 9.47 Å². The van der Waals surface area contributed by atoms with Gasteiger partial charge >= 0.3 is 0 Å². The molecule has 5 nitrogen and oxygen atoms in total. The van der Waals surface area contributed by atoms with Crippen molar-refractivity contribution in [3.05, 3.63) is 59.8 Å². The van der Waals surface area contributed by atoms with Gasteiger partial charge in [0, 0.05) is 11.6 Å². The fourth-order valence-electron chi connectivity index (χ4n) is 2.94. The van der Waals surface area contributed by atoms with E-state index in [1.54, 1.807) is 6.20 Å². The highest BCUT2D eigenvalue weighted by molar-refractivity contribution is 6.03. The van der Waals surface area contributed by atoms with Crippen LogP contribution in [0.25, 0.3) is 10.9 Å². The predicted molar refractivity (Wildman–Crippen MR) is 108 cm³/mol. The number of hydrogen-bond acceptors (Lipinski definition) is 4. The largest absolute Gasteiger partial charge is 0.491 e. The first-order chi connectivity index (χ1) is 13.1. The van der Waals surface area contributed by atoms with Gasteiger partial charge < -0.3 is 14.8 Å². The molecule has 1 amide bonds. The number of fused-ring (bicyclic) bond motifs is 1. The van der Waals surface area contributed by atoms with Gasteiger partial charge in [-0.05, 0) is 67.8 Å². The normalized spacial score (nSPS) is 10.6. The minimum atomic E-state index is -0.221. The zero-order valence-electron chi connectivity index (χ0n) is 15.9. The average molecular weight is 364 g/mol. The summed E-state index contributed by atoms with van der Waals surface area (Å²) in [6, 6.07) is 13.3. The molecule has 5 heteroatoms. The van der Waals surface area contributed by atoms with Crippen LogP contribution in [0, 0.1) is 13.8 Å². The van der Waals surface area contributed by atoms with Crippen molar-refractivity contribution in [2.24, 2.45) is 0 Å². The number of aromatic nitrogens is 1. The molecule has 0 saturated carbocycles. The minimum absolute atomic E-state index is 0.0568. The highest BCUT2D eigenvalue weighted by Crippen LogP contribution is 2.30. The Hall–Kier alpha value is -3.08. The molecule has 1 aromatic heterocycles. The molecule has 0 atom stereocenters. The number of carbonyl (C=O) groups is 1. The summed E-state index contributed by atoms with van der Waals surface area (Å²) in [6.45, 7) is 6.63. The number of benzene rings is 2. The Kier molecular flexibility index (Phi) is 5.91. The zero-order chi connectivity index (χ0) is 19.2. The highest BCUT2D eigenvalue weighted by Gasteiger charge is 2.11. The number of pyridine rings is 1. The molecule has 1 N–H and O–H groups in total. The number of ether oxygens (including phenoxy) is 2. The lowest BCUT2D eigenvalue weighted by Gasteiger charge is -2.13. The van der Waals surface area contributed by atoms with Gasteiger partial charge in [0.1, 0.15) is 17.0 Å². The Morgan fingerprint density at radius 1 is 1.07 bits per heavy atom. The van der Waals surface area contributed by atoms with Gasteiger partial charge in [0.15, 0.2) is 6.61 Å². The third-order valence-electron chi connectivity index (χ3n) is 4.03. The van der Waals surface area contributed by atoms with Crippen molar-refractivity contribution in [1.82, 2.24) is 4.98 Å². The van der Waals surface area contributed by atoms with Crippen molar-refractivity contribution in [3.8, 4) is 11.5 Å². The molecule has 0 aliphatic heterocycles. The number of nitrogens with zero attached hydrogens (tertiary/aromatic N) is 1. The molecule has 27 heavy (non-hydrogen) atoms. The van der Waals surface area contributed by atoms with Gasteiger partial charge in [-0.25, -0.2) is 0 Å². The number of nitrogens with one attached hydrogen (secondary N) is 1. The molecule has 0 aliphatic carbocycles. The minimum Gasteiger partial charge on any atom is -0.491 e. The fraction of sp³-hybridized carbons (Fsp3) is 0.273. The first kappa shape index (κ1) is 18.7. The summed E-state index contributed by atoms with van der Waals surface area (Å²) in [6.07, 6.45) is 2.64. The quantitative estimate of drug-likeness (QED) is 0.662. The van der Waals surface area contributed by atoms with Gasteiger partial charge in [-0.2, -0.15) is 0 Å². The predicted octanol–water partition coefficient (Wildman–Crippen LogP) is 4.66. The highest BCUT2D eigenvalue weighted by atomic mass is 16.5. The molecular formula is C22H24N2O3. The fourth-order valence-corrected chi connectivity index (χ4v) is 2.94. The van der Waals surface area contributed by atoms with E-state index in [0.29, 0.717) is 18.0 Å². The summed E-state index contributed by atoms with van der Waals surface area (Å²) in [5.41, 5.74) is 3.63. The Morgan fingerprint density at radius 2 is 1.85 bits per heavy atom. The molecule has 0 saturated heterocycles. The van der Waals surface area contributed by atoms with Crippen LogP contribution in [-0.2, 0) is 4.79 Å². The van der Waals surface area contributed by atoms with Crippen LogP contribution in [0.3, 0.4) is 0 Å². The van der Waals surface area contributed by atoms with E-state index in [1.807, 2.05) is 50.2 Å². The third kappa shape index (κ3) is 4.76. The standard InChI is InChI=1S/C22H24N2O3/c1-4-10-26-20-8-7-19(18-6-5-9-23-22(18)20)24-21(25)14-27-17-12-15(2)11-16(3)13-17/h5-9,11-13H,4,10,14H2,1-3H3,(H,24,25). The van der Waals surface area contributed by atoms with Crippen LogP contribution in [0.4, 0.5) is 5.69 Å². The summed E-state index contributed by atoms with van der Waals surface area (Å²) in [4.78, 5) is 16.8. The lowest BCUT2D eigenvalue weighted by atomic mass is 10.1. The van der Waals surface area contributed by atoms with E-state index in [2.05, 4.69) is 23.3 Å². The lowest BCUT2D eigenvalue weighted by molar-refractivity contribution is -0.118. The molecule has 0 bridgehead atoms. The number of rotatable bonds is 7. The van der Waals surface area contributed by atoms with Crippen molar-refractivity contribution >= 4 is 22.5 Å². The van der Waals surface area contributed by atoms with E-state index in [1.165, 1.54) is 0 Å². The van der Waals surface area contributed by atoms with Crippen LogP contribution >= 0.6 is 0 Å². The molecule has 140 valence electrons. The first-order valence-corrected chi connectivity index (χ1v) is 9.08. The number of anilines is 1. The molecule has 0 unspecified atom stereocenters. The van der Waals surface area contributed by atoms with Crippen LogP contribution in [0.1, 0.15) is 24.5 Å². The van der Waals surface area contributed by atoms with E-state index in [-0.39, 0.29) is 12.5 Å². The van der Waals surface area contributed by atoms with Gasteiger partial charge in [0.05, 0.1) is 12.3 Å². The average Bonchev–Trinajstić information content (AvgIpc) is 2.65. The van der Waals surface area contributed by atoms with Gasteiger partial charge in [0.2, 0.25) is 0 Å². The smallest absolute Gasteiger partial charge is 0.262 e. The number of amides is 1. The van der Waals surface area contributed by atoms with Crippen molar-refractivity contribution in [3.63, 3.8) is 0 Å². The van der Waals surface area contributed by atoms with E-state index < -0.39 is 0 Å².